The minimum atomic E-state index is 0.907. The van der Waals surface area contributed by atoms with Crippen molar-refractivity contribution >= 4 is 23.3 Å². The van der Waals surface area contributed by atoms with Gasteiger partial charge in [-0.05, 0) is 51.7 Å². The third-order valence-corrected chi connectivity index (χ3v) is 5.66. The van der Waals surface area contributed by atoms with Gasteiger partial charge in [-0.2, -0.15) is 0 Å². The van der Waals surface area contributed by atoms with Crippen LogP contribution in [0.3, 0.4) is 0 Å². The monoisotopic (exact) mass is 402 g/mol. The lowest BCUT2D eigenvalue weighted by Gasteiger charge is -2.38. The number of likely N-dealkylation sites (tertiary alicyclic amines) is 1. The molecule has 1 saturated heterocycles. The molecule has 1 aromatic rings. The van der Waals surface area contributed by atoms with Gasteiger partial charge in [0.15, 0.2) is 5.84 Å². The summed E-state index contributed by atoms with van der Waals surface area (Å²) < 4.78 is 0. The van der Waals surface area contributed by atoms with Gasteiger partial charge in [-0.3, -0.25) is 0 Å². The number of nitrogens with one attached hydrogen (secondary N) is 1. The van der Waals surface area contributed by atoms with E-state index in [1.54, 1.807) is 0 Å². The van der Waals surface area contributed by atoms with E-state index in [0.717, 1.165) is 58.4 Å². The van der Waals surface area contributed by atoms with Crippen LogP contribution in [0.5, 0.6) is 0 Å². The van der Waals surface area contributed by atoms with Crippen LogP contribution in [-0.4, -0.2) is 35.8 Å². The Morgan fingerprint density at radius 2 is 1.83 bits per heavy atom. The summed E-state index contributed by atoms with van der Waals surface area (Å²) >= 11 is 0. The van der Waals surface area contributed by atoms with Gasteiger partial charge in [0.25, 0.3) is 0 Å². The molecule has 0 atom stereocenters. The lowest BCUT2D eigenvalue weighted by molar-refractivity contribution is 0.337. The zero-order valence-corrected chi connectivity index (χ0v) is 18.9. The maximum atomic E-state index is 5.13. The van der Waals surface area contributed by atoms with Gasteiger partial charge in [0, 0.05) is 48.8 Å². The fourth-order valence-electron chi connectivity index (χ4n) is 4.30. The van der Waals surface area contributed by atoms with Crippen molar-refractivity contribution in [3.63, 3.8) is 0 Å². The van der Waals surface area contributed by atoms with E-state index in [9.17, 15) is 0 Å². The third-order valence-electron chi connectivity index (χ3n) is 5.66. The largest absolute Gasteiger partial charge is 0.388 e. The van der Waals surface area contributed by atoms with Gasteiger partial charge < -0.3 is 15.1 Å². The fourth-order valence-corrected chi connectivity index (χ4v) is 4.30. The van der Waals surface area contributed by atoms with E-state index in [0.29, 0.717) is 0 Å². The van der Waals surface area contributed by atoms with Crippen LogP contribution in [0.25, 0.3) is 11.8 Å². The van der Waals surface area contributed by atoms with Crippen molar-refractivity contribution in [1.82, 2.24) is 9.80 Å². The van der Waals surface area contributed by atoms with Crippen LogP contribution < -0.4 is 5.32 Å². The number of aliphatic imine (C=N–C) groups is 1. The molecule has 2 aliphatic heterocycles. The Hall–Kier alpha value is -3.01. The van der Waals surface area contributed by atoms with Crippen LogP contribution >= 0.6 is 0 Å². The molecular formula is C26H34N4. The van der Waals surface area contributed by atoms with Gasteiger partial charge in [-0.15, -0.1) is 0 Å². The number of benzene rings is 1. The summed E-state index contributed by atoms with van der Waals surface area (Å²) in [5.74, 6) is 0.956. The molecule has 30 heavy (non-hydrogen) atoms. The van der Waals surface area contributed by atoms with Crippen molar-refractivity contribution < 1.29 is 0 Å². The summed E-state index contributed by atoms with van der Waals surface area (Å²) in [6.07, 6.45) is 7.64. The minimum Gasteiger partial charge on any atom is -0.388 e. The third kappa shape index (κ3) is 4.13. The van der Waals surface area contributed by atoms with Crippen LogP contribution in [0.4, 0.5) is 5.69 Å². The highest BCUT2D eigenvalue weighted by molar-refractivity contribution is 6.03. The molecule has 2 aliphatic rings. The number of amidine groups is 1. The normalized spacial score (nSPS) is 16.6. The number of hydrogen-bond acceptors (Lipinski definition) is 4. The van der Waals surface area contributed by atoms with Crippen LogP contribution in [0.15, 0.2) is 71.7 Å². The summed E-state index contributed by atoms with van der Waals surface area (Å²) in [7, 11) is 1.93. The molecule has 0 radical (unpaired) electrons. The second kappa shape index (κ2) is 9.21. The second-order valence-electron chi connectivity index (χ2n) is 8.16. The molecule has 0 unspecified atom stereocenters. The number of rotatable bonds is 5. The summed E-state index contributed by atoms with van der Waals surface area (Å²) in [5, 5.41) is 3.27. The van der Waals surface area contributed by atoms with Gasteiger partial charge in [0.05, 0.1) is 11.4 Å². The molecule has 0 bridgehead atoms. The molecule has 1 fully saturated rings. The topological polar surface area (TPSA) is 30.9 Å². The first kappa shape index (κ1) is 21.7. The summed E-state index contributed by atoms with van der Waals surface area (Å²) in [5.41, 5.74) is 8.27. The van der Waals surface area contributed by atoms with E-state index >= 15 is 0 Å². The zero-order chi connectivity index (χ0) is 21.8. The zero-order valence-electron chi connectivity index (χ0n) is 18.9. The second-order valence-corrected chi connectivity index (χ2v) is 8.16. The molecule has 2 heterocycles. The first-order valence-corrected chi connectivity index (χ1v) is 10.7. The van der Waals surface area contributed by atoms with Crippen molar-refractivity contribution in [1.29, 1.82) is 0 Å². The van der Waals surface area contributed by atoms with Gasteiger partial charge >= 0.3 is 0 Å². The molecule has 0 aliphatic carbocycles. The maximum Gasteiger partial charge on any atom is 0.153 e. The van der Waals surface area contributed by atoms with Gasteiger partial charge in [0.2, 0.25) is 0 Å². The van der Waals surface area contributed by atoms with E-state index in [1.807, 2.05) is 20.0 Å². The van der Waals surface area contributed by atoms with Gasteiger partial charge in [-0.25, -0.2) is 4.99 Å². The van der Waals surface area contributed by atoms with Crippen molar-refractivity contribution in [3.05, 3.63) is 77.8 Å². The van der Waals surface area contributed by atoms with Gasteiger partial charge in [-0.1, -0.05) is 43.5 Å². The molecule has 4 heteroatoms. The van der Waals surface area contributed by atoms with Gasteiger partial charge in [0.1, 0.15) is 0 Å². The first-order valence-electron chi connectivity index (χ1n) is 10.7. The van der Waals surface area contributed by atoms with E-state index in [2.05, 4.69) is 73.1 Å². The number of anilines is 1. The number of nitrogens with zero attached hydrogens (tertiary/aromatic N) is 3. The van der Waals surface area contributed by atoms with Crippen LogP contribution in [0.1, 0.15) is 51.2 Å². The fraction of sp³-hybridized carbons (Fsp3) is 0.346. The average molecular weight is 403 g/mol. The molecule has 4 nitrogen and oxygen atoms in total. The molecule has 1 aromatic carbocycles. The summed E-state index contributed by atoms with van der Waals surface area (Å²) in [6, 6.07) is 6.22. The lowest BCUT2D eigenvalue weighted by Crippen LogP contribution is -2.41. The lowest BCUT2D eigenvalue weighted by atomic mass is 10.0. The van der Waals surface area contributed by atoms with E-state index < -0.39 is 0 Å². The van der Waals surface area contributed by atoms with Crippen LogP contribution in [0, 0.1) is 0 Å². The molecule has 3 rings (SSSR count). The smallest absolute Gasteiger partial charge is 0.153 e. The van der Waals surface area contributed by atoms with E-state index in [1.165, 1.54) is 24.8 Å². The number of allylic oxidation sites excluding steroid dienone is 2. The van der Waals surface area contributed by atoms with Crippen molar-refractivity contribution in [2.45, 2.75) is 40.0 Å². The van der Waals surface area contributed by atoms with E-state index in [-0.39, 0.29) is 0 Å². The molecule has 0 saturated carbocycles. The predicted octanol–water partition coefficient (Wildman–Crippen LogP) is 6.25. The highest BCUT2D eigenvalue weighted by atomic mass is 15.3. The maximum absolute atomic E-state index is 5.13. The molecule has 0 spiro atoms. The molecule has 0 aromatic heterocycles. The Kier molecular flexibility index (Phi) is 6.66. The van der Waals surface area contributed by atoms with E-state index in [4.69, 9.17) is 4.99 Å². The standard InChI is InChI=1S/C26H34N4/c1-8-21-22(13-12-14-23(21)27-7)24-17-30(25(18(2)3)19(4)5)20(6)26(28-24)29-15-10-9-11-16-29/h8,12-14,17,27H,1-2,6,9-11,15-16H2,3-5,7H3. The Balaban J connectivity index is 2.20. The Morgan fingerprint density at radius 1 is 1.13 bits per heavy atom. The molecule has 0 amide bonds. The first-order chi connectivity index (χ1) is 14.4. The summed E-state index contributed by atoms with van der Waals surface area (Å²) in [6.45, 7) is 21.0. The van der Waals surface area contributed by atoms with Crippen molar-refractivity contribution in [2.75, 3.05) is 25.5 Å². The molecule has 1 N–H and O–H groups in total. The highest BCUT2D eigenvalue weighted by Crippen LogP contribution is 2.35. The SMILES string of the molecule is C=Cc1c(NC)cccc1C1=CN(C(C(=C)C)=C(C)C)C(=C)C(N2CCCCC2)=N1. The average Bonchev–Trinajstić information content (AvgIpc) is 2.74. The van der Waals surface area contributed by atoms with Crippen LogP contribution in [-0.2, 0) is 0 Å². The predicted molar refractivity (Wildman–Crippen MR) is 131 cm³/mol. The minimum absolute atomic E-state index is 0.907. The Bertz CT molecular complexity index is 951. The highest BCUT2D eigenvalue weighted by Gasteiger charge is 2.28. The number of hydrogen-bond donors (Lipinski definition) is 1. The quantitative estimate of drug-likeness (QED) is 0.590. The Labute approximate surface area is 181 Å². The van der Waals surface area contributed by atoms with Crippen LogP contribution in [0.2, 0.25) is 0 Å². The molecular weight excluding hydrogens is 368 g/mol. The Morgan fingerprint density at radius 3 is 2.40 bits per heavy atom. The molecule has 158 valence electrons. The summed E-state index contributed by atoms with van der Waals surface area (Å²) in [4.78, 5) is 9.67. The number of piperidine rings is 1. The van der Waals surface area contributed by atoms with Crippen molar-refractivity contribution in [3.8, 4) is 0 Å². The van der Waals surface area contributed by atoms with Crippen molar-refractivity contribution in [2.24, 2.45) is 4.99 Å².